The molecule has 0 fully saturated rings. The van der Waals surface area contributed by atoms with E-state index in [-0.39, 0.29) is 21.9 Å². The summed E-state index contributed by atoms with van der Waals surface area (Å²) in [6.45, 7) is 0. The minimum atomic E-state index is -3.83. The first-order valence-electron chi connectivity index (χ1n) is 5.93. The molecule has 7 heteroatoms. The zero-order valence-corrected chi connectivity index (χ0v) is 12.0. The normalized spacial score (nSPS) is 10.7. The van der Waals surface area contributed by atoms with E-state index in [9.17, 15) is 8.42 Å². The van der Waals surface area contributed by atoms with E-state index in [1.165, 1.54) is 37.4 Å². The van der Waals surface area contributed by atoms with Crippen LogP contribution in [0.3, 0.4) is 0 Å². The molecule has 0 spiro atoms. The second-order valence-corrected chi connectivity index (χ2v) is 5.85. The second kappa shape index (κ2) is 5.73. The number of nitriles is 1. The molecular weight excluding hydrogens is 290 g/mol. The van der Waals surface area contributed by atoms with Crippen molar-refractivity contribution in [3.63, 3.8) is 0 Å². The molecular formula is C14H13N3O3S. The first-order chi connectivity index (χ1) is 9.97. The van der Waals surface area contributed by atoms with Crippen LogP contribution in [0.4, 0.5) is 11.4 Å². The SMILES string of the molecule is COc1cc(S(=O)(=O)Nc2ccccc2C#N)ccc1N. The summed E-state index contributed by atoms with van der Waals surface area (Å²) < 4.78 is 32.0. The van der Waals surface area contributed by atoms with Crippen molar-refractivity contribution in [2.75, 3.05) is 17.6 Å². The van der Waals surface area contributed by atoms with Crippen molar-refractivity contribution in [1.29, 1.82) is 5.26 Å². The average Bonchev–Trinajstić information content (AvgIpc) is 2.47. The van der Waals surface area contributed by atoms with Crippen LogP contribution in [0.1, 0.15) is 5.56 Å². The van der Waals surface area contributed by atoms with E-state index in [2.05, 4.69) is 4.72 Å². The predicted octanol–water partition coefficient (Wildman–Crippen LogP) is 1.95. The van der Waals surface area contributed by atoms with Gasteiger partial charge in [-0.1, -0.05) is 12.1 Å². The van der Waals surface area contributed by atoms with Crippen LogP contribution in [-0.2, 0) is 10.0 Å². The lowest BCUT2D eigenvalue weighted by Crippen LogP contribution is -2.14. The van der Waals surface area contributed by atoms with Gasteiger partial charge in [0.1, 0.15) is 11.8 Å². The lowest BCUT2D eigenvalue weighted by molar-refractivity contribution is 0.415. The standard InChI is InChI=1S/C14H13N3O3S/c1-20-14-8-11(6-7-12(14)16)21(18,19)17-13-5-3-2-4-10(13)9-15/h2-8,17H,16H2,1H3. The Balaban J connectivity index is 2.41. The van der Waals surface area contributed by atoms with Crippen LogP contribution in [0, 0.1) is 11.3 Å². The van der Waals surface area contributed by atoms with Crippen molar-refractivity contribution >= 4 is 21.4 Å². The number of nitrogens with two attached hydrogens (primary N) is 1. The van der Waals surface area contributed by atoms with Crippen LogP contribution in [0.2, 0.25) is 0 Å². The third-order valence-corrected chi connectivity index (χ3v) is 4.17. The maximum atomic E-state index is 12.3. The van der Waals surface area contributed by atoms with Gasteiger partial charge in [0.05, 0.1) is 28.9 Å². The first kappa shape index (κ1) is 14.7. The predicted molar refractivity (Wildman–Crippen MR) is 79.4 cm³/mol. The van der Waals surface area contributed by atoms with E-state index < -0.39 is 10.0 Å². The number of para-hydroxylation sites is 1. The third kappa shape index (κ3) is 3.07. The minimum absolute atomic E-state index is 0.00120. The van der Waals surface area contributed by atoms with Gasteiger partial charge in [0.25, 0.3) is 10.0 Å². The number of nitrogen functional groups attached to an aromatic ring is 1. The van der Waals surface area contributed by atoms with Crippen LogP contribution in [-0.4, -0.2) is 15.5 Å². The summed E-state index contributed by atoms with van der Waals surface area (Å²) >= 11 is 0. The van der Waals surface area contributed by atoms with Gasteiger partial charge in [-0.2, -0.15) is 5.26 Å². The largest absolute Gasteiger partial charge is 0.495 e. The van der Waals surface area contributed by atoms with Crippen molar-refractivity contribution in [3.8, 4) is 11.8 Å². The molecule has 0 atom stereocenters. The molecule has 0 heterocycles. The zero-order valence-electron chi connectivity index (χ0n) is 11.2. The fourth-order valence-electron chi connectivity index (χ4n) is 1.73. The summed E-state index contributed by atoms with van der Waals surface area (Å²) in [5.41, 5.74) is 6.46. The fourth-order valence-corrected chi connectivity index (χ4v) is 2.83. The molecule has 0 radical (unpaired) electrons. The summed E-state index contributed by atoms with van der Waals surface area (Å²) in [4.78, 5) is 0.00120. The van der Waals surface area contributed by atoms with Crippen molar-refractivity contribution < 1.29 is 13.2 Å². The van der Waals surface area contributed by atoms with Crippen molar-refractivity contribution in [3.05, 3.63) is 48.0 Å². The third-order valence-electron chi connectivity index (χ3n) is 2.81. The van der Waals surface area contributed by atoms with Gasteiger partial charge in [-0.15, -0.1) is 0 Å². The number of methoxy groups -OCH3 is 1. The quantitative estimate of drug-likeness (QED) is 0.840. The Hall–Kier alpha value is -2.72. The molecule has 2 aromatic rings. The highest BCUT2D eigenvalue weighted by Crippen LogP contribution is 2.26. The van der Waals surface area contributed by atoms with Gasteiger partial charge in [-0.25, -0.2) is 8.42 Å². The Kier molecular flexibility index (Phi) is 4.00. The molecule has 0 unspecified atom stereocenters. The smallest absolute Gasteiger partial charge is 0.262 e. The van der Waals surface area contributed by atoms with E-state index in [0.717, 1.165) is 0 Å². The van der Waals surface area contributed by atoms with Gasteiger partial charge in [-0.3, -0.25) is 4.72 Å². The lowest BCUT2D eigenvalue weighted by Gasteiger charge is -2.11. The zero-order chi connectivity index (χ0) is 15.5. The number of hydrogen-bond donors (Lipinski definition) is 2. The van der Waals surface area contributed by atoms with E-state index in [0.29, 0.717) is 5.69 Å². The van der Waals surface area contributed by atoms with Gasteiger partial charge in [-0.05, 0) is 24.3 Å². The molecule has 2 rings (SSSR count). The molecule has 0 aliphatic carbocycles. The Morgan fingerprint density at radius 1 is 1.24 bits per heavy atom. The molecule has 0 amide bonds. The Bertz CT molecular complexity index is 810. The van der Waals surface area contributed by atoms with E-state index in [1.54, 1.807) is 12.1 Å². The number of ether oxygens (including phenoxy) is 1. The maximum Gasteiger partial charge on any atom is 0.262 e. The fraction of sp³-hybridized carbons (Fsp3) is 0.0714. The van der Waals surface area contributed by atoms with E-state index in [1.807, 2.05) is 6.07 Å². The van der Waals surface area contributed by atoms with Crippen LogP contribution in [0.5, 0.6) is 5.75 Å². The van der Waals surface area contributed by atoms with Gasteiger partial charge in [0, 0.05) is 6.07 Å². The minimum Gasteiger partial charge on any atom is -0.495 e. The monoisotopic (exact) mass is 303 g/mol. The number of hydrogen-bond acceptors (Lipinski definition) is 5. The van der Waals surface area contributed by atoms with Gasteiger partial charge in [0.15, 0.2) is 0 Å². The molecule has 2 aromatic carbocycles. The summed E-state index contributed by atoms with van der Waals surface area (Å²) in [6.07, 6.45) is 0. The van der Waals surface area contributed by atoms with Crippen LogP contribution in [0.25, 0.3) is 0 Å². The molecule has 0 bridgehead atoms. The highest BCUT2D eigenvalue weighted by Gasteiger charge is 2.17. The van der Waals surface area contributed by atoms with Gasteiger partial charge in [0.2, 0.25) is 0 Å². The summed E-state index contributed by atoms with van der Waals surface area (Å²) in [7, 11) is -2.43. The molecule has 0 aliphatic heterocycles. The maximum absolute atomic E-state index is 12.3. The summed E-state index contributed by atoms with van der Waals surface area (Å²) in [6, 6.07) is 12.4. The van der Waals surface area contributed by atoms with Crippen molar-refractivity contribution in [2.45, 2.75) is 4.90 Å². The van der Waals surface area contributed by atoms with Gasteiger partial charge >= 0.3 is 0 Å². The molecule has 3 N–H and O–H groups in total. The second-order valence-electron chi connectivity index (χ2n) is 4.17. The number of nitrogens with zero attached hydrogens (tertiary/aromatic N) is 1. The molecule has 0 aliphatic rings. The Morgan fingerprint density at radius 3 is 2.62 bits per heavy atom. The van der Waals surface area contributed by atoms with Crippen LogP contribution in [0.15, 0.2) is 47.4 Å². The summed E-state index contributed by atoms with van der Waals surface area (Å²) in [5, 5.41) is 8.98. The Labute approximate surface area is 122 Å². The molecule has 6 nitrogen and oxygen atoms in total. The lowest BCUT2D eigenvalue weighted by atomic mass is 10.2. The van der Waals surface area contributed by atoms with Crippen molar-refractivity contribution in [1.82, 2.24) is 0 Å². The molecule has 0 saturated heterocycles. The van der Waals surface area contributed by atoms with Crippen LogP contribution >= 0.6 is 0 Å². The molecule has 108 valence electrons. The van der Waals surface area contributed by atoms with Gasteiger partial charge < -0.3 is 10.5 Å². The highest BCUT2D eigenvalue weighted by molar-refractivity contribution is 7.92. The topological polar surface area (TPSA) is 105 Å². The first-order valence-corrected chi connectivity index (χ1v) is 7.41. The number of benzene rings is 2. The van der Waals surface area contributed by atoms with Crippen molar-refractivity contribution in [2.24, 2.45) is 0 Å². The van der Waals surface area contributed by atoms with Crippen LogP contribution < -0.4 is 15.2 Å². The molecule has 0 saturated carbocycles. The summed E-state index contributed by atoms with van der Waals surface area (Å²) in [5.74, 6) is 0.270. The molecule has 21 heavy (non-hydrogen) atoms. The number of rotatable bonds is 4. The number of nitrogens with one attached hydrogen (secondary N) is 1. The molecule has 0 aromatic heterocycles. The number of anilines is 2. The van der Waals surface area contributed by atoms with E-state index in [4.69, 9.17) is 15.7 Å². The highest BCUT2D eigenvalue weighted by atomic mass is 32.2. The average molecular weight is 303 g/mol. The number of sulfonamides is 1. The van der Waals surface area contributed by atoms with E-state index >= 15 is 0 Å². The Morgan fingerprint density at radius 2 is 1.95 bits per heavy atom.